The van der Waals surface area contributed by atoms with Crippen LogP contribution in [0.5, 0.6) is 17.2 Å². The molecule has 0 saturated carbocycles. The van der Waals surface area contributed by atoms with E-state index in [2.05, 4.69) is 0 Å². The lowest BCUT2D eigenvalue weighted by Crippen LogP contribution is -2.27. The molecule has 2 aromatic rings. The van der Waals surface area contributed by atoms with Gasteiger partial charge in [0.05, 0.1) is 25.8 Å². The molecule has 2 aromatic carbocycles. The maximum Gasteiger partial charge on any atom is 0.316 e. The number of esters is 1. The van der Waals surface area contributed by atoms with E-state index in [0.29, 0.717) is 28.0 Å². The van der Waals surface area contributed by atoms with Crippen molar-refractivity contribution in [1.82, 2.24) is 0 Å². The molecule has 27 heavy (non-hydrogen) atoms. The van der Waals surface area contributed by atoms with E-state index >= 15 is 0 Å². The van der Waals surface area contributed by atoms with Gasteiger partial charge in [0.1, 0.15) is 17.2 Å². The first-order chi connectivity index (χ1) is 12.9. The number of halogens is 1. The zero-order valence-electron chi connectivity index (χ0n) is 15.3. The van der Waals surface area contributed by atoms with Gasteiger partial charge in [0, 0.05) is 24.1 Å². The summed E-state index contributed by atoms with van der Waals surface area (Å²) in [7, 11) is 3.08. The second-order valence-electron chi connectivity index (χ2n) is 6.27. The molecule has 0 aromatic heterocycles. The second-order valence-corrected chi connectivity index (χ2v) is 6.71. The predicted octanol–water partition coefficient (Wildman–Crippen LogP) is 3.62. The lowest BCUT2D eigenvalue weighted by atomic mass is 10.1. The van der Waals surface area contributed by atoms with Gasteiger partial charge in [-0.25, -0.2) is 0 Å². The number of nitrogens with zero attached hydrogens (tertiary/aromatic N) is 1. The average Bonchev–Trinajstić information content (AvgIpc) is 3.05. The Labute approximate surface area is 162 Å². The average molecular weight is 390 g/mol. The lowest BCUT2D eigenvalue weighted by Gasteiger charge is -2.20. The third-order valence-corrected chi connectivity index (χ3v) is 4.72. The second kappa shape index (κ2) is 7.88. The van der Waals surface area contributed by atoms with E-state index in [1.807, 2.05) is 6.92 Å². The maximum atomic E-state index is 12.6. The molecule has 0 N–H and O–H groups in total. The summed E-state index contributed by atoms with van der Waals surface area (Å²) in [4.78, 5) is 26.6. The predicted molar refractivity (Wildman–Crippen MR) is 102 cm³/mol. The van der Waals surface area contributed by atoms with Crippen molar-refractivity contribution in [2.45, 2.75) is 13.3 Å². The summed E-state index contributed by atoms with van der Waals surface area (Å²) in [5.41, 5.74) is 1.33. The molecule has 1 aliphatic heterocycles. The van der Waals surface area contributed by atoms with Crippen molar-refractivity contribution in [2.75, 3.05) is 25.7 Å². The number of methoxy groups -OCH3 is 2. The molecule has 1 heterocycles. The van der Waals surface area contributed by atoms with Crippen molar-refractivity contribution >= 4 is 29.2 Å². The molecule has 1 unspecified atom stereocenters. The Morgan fingerprint density at radius 1 is 1.11 bits per heavy atom. The molecule has 142 valence electrons. The van der Waals surface area contributed by atoms with Gasteiger partial charge in [-0.2, -0.15) is 0 Å². The smallest absolute Gasteiger partial charge is 0.316 e. The standard InChI is InChI=1S/C20H20ClNO5/c1-12-8-14(21)4-6-17(12)27-20(24)13-9-19(23)22(11-13)16-10-15(25-2)5-7-18(16)26-3/h4-8,10,13H,9,11H2,1-3H3. The maximum absolute atomic E-state index is 12.6. The summed E-state index contributed by atoms with van der Waals surface area (Å²) < 4.78 is 16.1. The van der Waals surface area contributed by atoms with Crippen LogP contribution >= 0.6 is 11.6 Å². The molecule has 1 fully saturated rings. The Morgan fingerprint density at radius 2 is 1.85 bits per heavy atom. The van der Waals surface area contributed by atoms with Gasteiger partial charge in [0.25, 0.3) is 0 Å². The zero-order valence-corrected chi connectivity index (χ0v) is 16.1. The fourth-order valence-electron chi connectivity index (χ4n) is 3.03. The Bertz CT molecular complexity index is 883. The molecule has 0 radical (unpaired) electrons. The highest BCUT2D eigenvalue weighted by atomic mass is 35.5. The molecule has 1 saturated heterocycles. The molecule has 1 atom stereocenters. The summed E-state index contributed by atoms with van der Waals surface area (Å²) in [6, 6.07) is 10.2. The van der Waals surface area contributed by atoms with E-state index in [4.69, 9.17) is 25.8 Å². The van der Waals surface area contributed by atoms with E-state index in [9.17, 15) is 9.59 Å². The van der Waals surface area contributed by atoms with Gasteiger partial charge in [-0.15, -0.1) is 0 Å². The minimum atomic E-state index is -0.566. The van der Waals surface area contributed by atoms with E-state index in [1.165, 1.54) is 12.0 Å². The van der Waals surface area contributed by atoms with Crippen LogP contribution < -0.4 is 19.1 Å². The molecule has 3 rings (SSSR count). The minimum absolute atomic E-state index is 0.0752. The van der Waals surface area contributed by atoms with Crippen LogP contribution in [-0.4, -0.2) is 32.6 Å². The van der Waals surface area contributed by atoms with Gasteiger partial charge in [-0.3, -0.25) is 9.59 Å². The van der Waals surface area contributed by atoms with Crippen molar-refractivity contribution in [1.29, 1.82) is 0 Å². The Hall–Kier alpha value is -2.73. The molecular weight excluding hydrogens is 370 g/mol. The third-order valence-electron chi connectivity index (χ3n) is 4.48. The summed E-state index contributed by atoms with van der Waals surface area (Å²) in [5.74, 6) is 0.389. The third kappa shape index (κ3) is 4.01. The summed E-state index contributed by atoms with van der Waals surface area (Å²) >= 11 is 5.93. The largest absolute Gasteiger partial charge is 0.497 e. The van der Waals surface area contributed by atoms with Crippen LogP contribution in [-0.2, 0) is 9.59 Å². The fraction of sp³-hybridized carbons (Fsp3) is 0.300. The Morgan fingerprint density at radius 3 is 2.52 bits per heavy atom. The van der Waals surface area contributed by atoms with Gasteiger partial charge in [-0.1, -0.05) is 11.6 Å². The number of rotatable bonds is 5. The first-order valence-corrected chi connectivity index (χ1v) is 8.81. The molecule has 0 spiro atoms. The lowest BCUT2D eigenvalue weighted by molar-refractivity contribution is -0.139. The number of carbonyl (C=O) groups excluding carboxylic acids is 2. The molecule has 1 amide bonds. The van der Waals surface area contributed by atoms with E-state index < -0.39 is 11.9 Å². The van der Waals surface area contributed by atoms with Crippen molar-refractivity contribution in [3.05, 3.63) is 47.0 Å². The summed E-state index contributed by atoms with van der Waals surface area (Å²) in [6.45, 7) is 2.02. The highest BCUT2D eigenvalue weighted by Crippen LogP contribution is 2.36. The molecule has 6 nitrogen and oxygen atoms in total. The highest BCUT2D eigenvalue weighted by Gasteiger charge is 2.37. The van der Waals surface area contributed by atoms with E-state index in [-0.39, 0.29) is 18.9 Å². The van der Waals surface area contributed by atoms with Gasteiger partial charge in [0.2, 0.25) is 5.91 Å². The minimum Gasteiger partial charge on any atom is -0.497 e. The first kappa shape index (κ1) is 19.0. The highest BCUT2D eigenvalue weighted by molar-refractivity contribution is 6.30. The van der Waals surface area contributed by atoms with Gasteiger partial charge >= 0.3 is 5.97 Å². The SMILES string of the molecule is COc1ccc(OC)c(N2CC(C(=O)Oc3ccc(Cl)cc3C)CC2=O)c1. The first-order valence-electron chi connectivity index (χ1n) is 8.43. The summed E-state index contributed by atoms with van der Waals surface area (Å²) in [6.07, 6.45) is 0.0752. The summed E-state index contributed by atoms with van der Waals surface area (Å²) in [5, 5.41) is 0.569. The molecule has 7 heteroatoms. The molecular formula is C20H20ClNO5. The number of ether oxygens (including phenoxy) is 3. The van der Waals surface area contributed by atoms with Crippen LogP contribution in [0.25, 0.3) is 0 Å². The molecule has 0 aliphatic carbocycles. The number of carbonyl (C=O) groups is 2. The molecule has 1 aliphatic rings. The van der Waals surface area contributed by atoms with Crippen LogP contribution in [0.15, 0.2) is 36.4 Å². The number of anilines is 1. The Balaban J connectivity index is 1.78. The number of hydrogen-bond acceptors (Lipinski definition) is 5. The molecule has 0 bridgehead atoms. The quantitative estimate of drug-likeness (QED) is 0.577. The van der Waals surface area contributed by atoms with Crippen molar-refractivity contribution in [2.24, 2.45) is 5.92 Å². The van der Waals surface area contributed by atoms with Gasteiger partial charge < -0.3 is 19.1 Å². The van der Waals surface area contributed by atoms with Gasteiger partial charge in [0.15, 0.2) is 0 Å². The van der Waals surface area contributed by atoms with Crippen LogP contribution in [0.1, 0.15) is 12.0 Å². The van der Waals surface area contributed by atoms with Crippen LogP contribution in [0, 0.1) is 12.8 Å². The van der Waals surface area contributed by atoms with Crippen LogP contribution in [0.3, 0.4) is 0 Å². The zero-order chi connectivity index (χ0) is 19.6. The van der Waals surface area contributed by atoms with E-state index in [0.717, 1.165) is 5.56 Å². The van der Waals surface area contributed by atoms with Crippen molar-refractivity contribution < 1.29 is 23.8 Å². The number of aryl methyl sites for hydroxylation is 1. The van der Waals surface area contributed by atoms with Gasteiger partial charge in [-0.05, 0) is 42.8 Å². The fourth-order valence-corrected chi connectivity index (χ4v) is 3.25. The van der Waals surface area contributed by atoms with E-state index in [1.54, 1.807) is 43.5 Å². The van der Waals surface area contributed by atoms with Crippen LogP contribution in [0.4, 0.5) is 5.69 Å². The van der Waals surface area contributed by atoms with Crippen LogP contribution in [0.2, 0.25) is 5.02 Å². The number of amides is 1. The van der Waals surface area contributed by atoms with Crippen molar-refractivity contribution in [3.63, 3.8) is 0 Å². The number of hydrogen-bond donors (Lipinski definition) is 0. The Kier molecular flexibility index (Phi) is 5.56. The van der Waals surface area contributed by atoms with Crippen molar-refractivity contribution in [3.8, 4) is 17.2 Å². The number of benzene rings is 2. The topological polar surface area (TPSA) is 65.1 Å². The normalized spacial score (nSPS) is 16.4. The monoisotopic (exact) mass is 389 g/mol.